The number of benzene rings is 1. The molecule has 0 spiro atoms. The topological polar surface area (TPSA) is 0 Å². The number of rotatable bonds is 2. The van der Waals surface area contributed by atoms with Crippen LogP contribution in [0.4, 0.5) is 0 Å². The van der Waals surface area contributed by atoms with Gasteiger partial charge in [-0.05, 0) is 50.8 Å². The fourth-order valence-electron chi connectivity index (χ4n) is 3.20. The highest BCUT2D eigenvalue weighted by Gasteiger charge is 2.30. The lowest BCUT2D eigenvalue weighted by molar-refractivity contribution is 0.283. The Labute approximate surface area is 139 Å². The molecular weight excluding hydrogens is 264 g/mol. The van der Waals surface area contributed by atoms with Crippen molar-refractivity contribution in [1.29, 1.82) is 0 Å². The largest absolute Gasteiger partial charge is 0.0601 e. The predicted octanol–water partition coefficient (Wildman–Crippen LogP) is 6.80. The van der Waals surface area contributed by atoms with E-state index in [1.165, 1.54) is 23.1 Å². The van der Waals surface area contributed by atoms with Gasteiger partial charge >= 0.3 is 0 Å². The fraction of sp³-hybridized carbons (Fsp3) is 0.727. The third-order valence-corrected chi connectivity index (χ3v) is 4.24. The Balaban J connectivity index is 3.48. The lowest BCUT2D eigenvalue weighted by Crippen LogP contribution is -2.27. The van der Waals surface area contributed by atoms with Gasteiger partial charge in [-0.25, -0.2) is 0 Å². The lowest BCUT2D eigenvalue weighted by atomic mass is 9.69. The van der Waals surface area contributed by atoms with Crippen LogP contribution in [0.5, 0.6) is 0 Å². The van der Waals surface area contributed by atoms with Crippen molar-refractivity contribution in [3.05, 3.63) is 34.9 Å². The number of hydrogen-bond donors (Lipinski definition) is 0. The van der Waals surface area contributed by atoms with Crippen LogP contribution < -0.4 is 0 Å². The number of hydrogen-bond acceptors (Lipinski definition) is 0. The molecule has 1 rings (SSSR count). The van der Waals surface area contributed by atoms with Gasteiger partial charge in [0, 0.05) is 0 Å². The molecule has 1 radical (unpaired) electrons. The molecule has 1 aromatic rings. The molecule has 0 aliphatic carbocycles. The second kappa shape index (κ2) is 5.69. The molecule has 0 aliphatic rings. The van der Waals surface area contributed by atoms with Crippen LogP contribution in [0.25, 0.3) is 0 Å². The molecule has 0 aromatic heterocycles. The molecule has 0 unspecified atom stereocenters. The van der Waals surface area contributed by atoms with Crippen LogP contribution >= 0.6 is 0 Å². The average molecular weight is 302 g/mol. The van der Waals surface area contributed by atoms with Gasteiger partial charge in [0.25, 0.3) is 0 Å². The zero-order valence-corrected chi connectivity index (χ0v) is 16.9. The van der Waals surface area contributed by atoms with Crippen LogP contribution in [0, 0.1) is 11.5 Å². The molecule has 0 fully saturated rings. The summed E-state index contributed by atoms with van der Waals surface area (Å²) in [6, 6.07) is 8.48. The van der Waals surface area contributed by atoms with Crippen molar-refractivity contribution in [2.75, 3.05) is 0 Å². The Bertz CT molecular complexity index is 478. The minimum atomic E-state index is 0.133. The summed E-state index contributed by atoms with van der Waals surface area (Å²) in [4.78, 5) is 0. The van der Waals surface area contributed by atoms with Crippen LogP contribution in [0.2, 0.25) is 0 Å². The van der Waals surface area contributed by atoms with Crippen molar-refractivity contribution < 1.29 is 0 Å². The molecule has 22 heavy (non-hydrogen) atoms. The first-order chi connectivity index (χ1) is 9.52. The SMILES string of the molecule is CC(C)(C)CC(C)(C)c1cc(C(C)(C)C)[c]c(C(C)(C)C)c1. The third kappa shape index (κ3) is 5.14. The predicted molar refractivity (Wildman–Crippen MR) is 99.8 cm³/mol. The van der Waals surface area contributed by atoms with Gasteiger partial charge in [-0.3, -0.25) is 0 Å². The lowest BCUT2D eigenvalue weighted by Gasteiger charge is -2.35. The van der Waals surface area contributed by atoms with E-state index in [9.17, 15) is 0 Å². The van der Waals surface area contributed by atoms with Gasteiger partial charge in [0.15, 0.2) is 0 Å². The average Bonchev–Trinajstić information content (AvgIpc) is 2.22. The van der Waals surface area contributed by atoms with Crippen molar-refractivity contribution >= 4 is 0 Å². The molecule has 0 heteroatoms. The zero-order chi connectivity index (χ0) is 17.6. The van der Waals surface area contributed by atoms with Crippen molar-refractivity contribution in [3.8, 4) is 0 Å². The first-order valence-electron chi connectivity index (χ1n) is 8.61. The normalized spacial score (nSPS) is 14.3. The molecule has 0 bridgehead atoms. The summed E-state index contributed by atoms with van der Waals surface area (Å²) in [6.45, 7) is 25.5. The van der Waals surface area contributed by atoms with Gasteiger partial charge in [0.1, 0.15) is 0 Å². The Morgan fingerprint density at radius 2 is 1.05 bits per heavy atom. The van der Waals surface area contributed by atoms with Gasteiger partial charge in [-0.2, -0.15) is 0 Å². The first kappa shape index (κ1) is 19.3. The molecule has 1 aromatic carbocycles. The first-order valence-corrected chi connectivity index (χ1v) is 8.61. The highest BCUT2D eigenvalue weighted by Crippen LogP contribution is 2.39. The molecule has 0 N–H and O–H groups in total. The minimum absolute atomic E-state index is 0.133. The molecule has 0 aliphatic heterocycles. The monoisotopic (exact) mass is 301 g/mol. The van der Waals surface area contributed by atoms with E-state index < -0.39 is 0 Å². The highest BCUT2D eigenvalue weighted by atomic mass is 14.3. The Morgan fingerprint density at radius 3 is 1.32 bits per heavy atom. The molecule has 0 nitrogen and oxygen atoms in total. The van der Waals surface area contributed by atoms with E-state index >= 15 is 0 Å². The minimum Gasteiger partial charge on any atom is -0.0601 e. The van der Waals surface area contributed by atoms with Gasteiger partial charge in [-0.15, -0.1) is 0 Å². The van der Waals surface area contributed by atoms with E-state index in [-0.39, 0.29) is 16.2 Å². The maximum Gasteiger partial charge on any atom is -0.00984 e. The van der Waals surface area contributed by atoms with Crippen LogP contribution in [0.1, 0.15) is 99.3 Å². The highest BCUT2D eigenvalue weighted by molar-refractivity contribution is 5.39. The van der Waals surface area contributed by atoms with Crippen molar-refractivity contribution in [2.45, 2.75) is 98.8 Å². The van der Waals surface area contributed by atoms with Crippen LogP contribution in [-0.2, 0) is 16.2 Å². The van der Waals surface area contributed by atoms with Gasteiger partial charge in [0.2, 0.25) is 0 Å². The molecule has 0 amide bonds. The second-order valence-electron chi connectivity index (χ2n) is 10.8. The van der Waals surface area contributed by atoms with Gasteiger partial charge in [0.05, 0.1) is 0 Å². The summed E-state index contributed by atoms with van der Waals surface area (Å²) in [5, 5.41) is 0. The molecule has 0 saturated heterocycles. The third-order valence-electron chi connectivity index (χ3n) is 4.24. The van der Waals surface area contributed by atoms with Crippen molar-refractivity contribution in [1.82, 2.24) is 0 Å². The molecule has 0 atom stereocenters. The summed E-state index contributed by atoms with van der Waals surface area (Å²) in [5.74, 6) is 0. The molecule has 0 saturated carbocycles. The van der Waals surface area contributed by atoms with Gasteiger partial charge < -0.3 is 0 Å². The maximum absolute atomic E-state index is 3.70. The fourth-order valence-corrected chi connectivity index (χ4v) is 3.20. The Morgan fingerprint density at radius 1 is 0.682 bits per heavy atom. The zero-order valence-electron chi connectivity index (χ0n) is 16.9. The smallest absolute Gasteiger partial charge is 0.00984 e. The molecule has 125 valence electrons. The van der Waals surface area contributed by atoms with Gasteiger partial charge in [-0.1, -0.05) is 88.3 Å². The van der Waals surface area contributed by atoms with Crippen LogP contribution in [0.15, 0.2) is 12.1 Å². The van der Waals surface area contributed by atoms with Crippen molar-refractivity contribution in [3.63, 3.8) is 0 Å². The van der Waals surface area contributed by atoms with E-state index in [2.05, 4.69) is 94.4 Å². The summed E-state index contributed by atoms with van der Waals surface area (Å²) in [6.07, 6.45) is 1.18. The van der Waals surface area contributed by atoms with E-state index in [1.807, 2.05) is 0 Å². The van der Waals surface area contributed by atoms with E-state index in [1.54, 1.807) is 0 Å². The van der Waals surface area contributed by atoms with E-state index in [0.717, 1.165) is 0 Å². The maximum atomic E-state index is 3.70. The second-order valence-corrected chi connectivity index (χ2v) is 10.8. The van der Waals surface area contributed by atoms with E-state index in [0.29, 0.717) is 5.41 Å². The summed E-state index contributed by atoms with van der Waals surface area (Å²) >= 11 is 0. The van der Waals surface area contributed by atoms with E-state index in [4.69, 9.17) is 0 Å². The van der Waals surface area contributed by atoms with Crippen molar-refractivity contribution in [2.24, 2.45) is 5.41 Å². The summed E-state index contributed by atoms with van der Waals surface area (Å²) in [5.41, 5.74) is 4.88. The molecular formula is C22H37. The standard InChI is InChI=1S/C22H37/c1-19(2,3)15-22(10,11)18-13-16(20(4,5)6)12-17(14-18)21(7,8)9/h13-14H,15H2,1-11H3. The van der Waals surface area contributed by atoms with Crippen LogP contribution in [-0.4, -0.2) is 0 Å². The summed E-state index contributed by atoms with van der Waals surface area (Å²) < 4.78 is 0. The quantitative estimate of drug-likeness (QED) is 0.563. The Hall–Kier alpha value is -0.780. The van der Waals surface area contributed by atoms with Crippen LogP contribution in [0.3, 0.4) is 0 Å². The summed E-state index contributed by atoms with van der Waals surface area (Å²) in [7, 11) is 0. The Kier molecular flexibility index (Phi) is 4.99. The molecule has 0 heterocycles.